The molecule has 0 bridgehead atoms. The molecule has 1 aromatic heterocycles. The lowest BCUT2D eigenvalue weighted by molar-refractivity contribution is -0.384. The molecule has 0 saturated carbocycles. The zero-order chi connectivity index (χ0) is 22.3. The monoisotopic (exact) mass is 405 g/mol. The van der Waals surface area contributed by atoms with Crippen LogP contribution in [0.1, 0.15) is 50.4 Å². The molecule has 2 aromatic rings. The van der Waals surface area contributed by atoms with Crippen LogP contribution < -0.4 is 10.9 Å². The van der Waals surface area contributed by atoms with Crippen molar-refractivity contribution in [2.45, 2.75) is 46.1 Å². The minimum Gasteiger partial charge on any atom is -0.387 e. The first-order valence-corrected chi connectivity index (χ1v) is 9.68. The second kappa shape index (κ2) is 10.0. The molecule has 8 heteroatoms. The highest BCUT2D eigenvalue weighted by molar-refractivity contribution is 5.78. The van der Waals surface area contributed by atoms with Gasteiger partial charge in [0.1, 0.15) is 17.7 Å². The van der Waals surface area contributed by atoms with E-state index in [0.29, 0.717) is 24.1 Å². The Hall–Kier alpha value is -3.91. The highest BCUT2D eigenvalue weighted by Crippen LogP contribution is 2.30. The largest absolute Gasteiger partial charge is 0.387 e. The highest BCUT2D eigenvalue weighted by Gasteiger charge is 2.22. The molecule has 2 rings (SSSR count). The molecule has 0 unspecified atom stereocenters. The maximum absolute atomic E-state index is 13.1. The molecule has 0 aliphatic heterocycles. The second-order valence-electron chi connectivity index (χ2n) is 6.82. The molecule has 0 saturated heterocycles. The van der Waals surface area contributed by atoms with Crippen LogP contribution in [0.5, 0.6) is 0 Å². The number of nitrogens with zero attached hydrogens (tertiary/aromatic N) is 4. The molecule has 0 amide bonds. The Morgan fingerprint density at radius 1 is 1.20 bits per heavy atom. The van der Waals surface area contributed by atoms with Gasteiger partial charge < -0.3 is 5.32 Å². The molecule has 1 atom stereocenters. The van der Waals surface area contributed by atoms with E-state index in [1.54, 1.807) is 12.4 Å². The number of nitrogens with one attached hydrogen (secondary N) is 1. The molecule has 8 nitrogen and oxygen atoms in total. The summed E-state index contributed by atoms with van der Waals surface area (Å²) in [7, 11) is 0. The molecular formula is C22H23N5O3. The molecule has 0 spiro atoms. The van der Waals surface area contributed by atoms with Crippen LogP contribution in [0.2, 0.25) is 0 Å². The summed E-state index contributed by atoms with van der Waals surface area (Å²) in [5.74, 6) is 0. The third-order valence-corrected chi connectivity index (χ3v) is 4.81. The van der Waals surface area contributed by atoms with Crippen molar-refractivity contribution in [3.05, 3.63) is 67.8 Å². The number of rotatable bonds is 8. The van der Waals surface area contributed by atoms with Crippen LogP contribution in [0.3, 0.4) is 0 Å². The second-order valence-corrected chi connectivity index (χ2v) is 6.82. The predicted octanol–water partition coefficient (Wildman–Crippen LogP) is 3.94. The van der Waals surface area contributed by atoms with E-state index in [1.807, 2.05) is 26.8 Å². The van der Waals surface area contributed by atoms with Crippen molar-refractivity contribution in [3.63, 3.8) is 0 Å². The first-order chi connectivity index (χ1) is 14.4. The number of aromatic nitrogens is 1. The zero-order valence-electron chi connectivity index (χ0n) is 17.2. The van der Waals surface area contributed by atoms with Gasteiger partial charge in [0.25, 0.3) is 11.2 Å². The van der Waals surface area contributed by atoms with E-state index in [4.69, 9.17) is 0 Å². The van der Waals surface area contributed by atoms with Crippen LogP contribution in [-0.2, 0) is 6.42 Å². The Kier molecular flexibility index (Phi) is 7.49. The van der Waals surface area contributed by atoms with Crippen LogP contribution in [0, 0.1) is 32.8 Å². The SMILES string of the molecule is CCCc1c(C#N)c(-c2ccc([N+](=O)[O-])cc2)c(C#N)c(=O)n1/C=C/N[C@H](C)CC. The van der Waals surface area contributed by atoms with Gasteiger partial charge in [0, 0.05) is 41.8 Å². The van der Waals surface area contributed by atoms with Crippen molar-refractivity contribution in [3.8, 4) is 23.3 Å². The fraction of sp³-hybridized carbons (Fsp3) is 0.318. The Balaban J connectivity index is 2.78. The average Bonchev–Trinajstić information content (AvgIpc) is 2.75. The van der Waals surface area contributed by atoms with Gasteiger partial charge in [-0.25, -0.2) is 0 Å². The van der Waals surface area contributed by atoms with Gasteiger partial charge >= 0.3 is 0 Å². The average molecular weight is 405 g/mol. The topological polar surface area (TPSA) is 125 Å². The van der Waals surface area contributed by atoms with E-state index in [-0.39, 0.29) is 28.4 Å². The summed E-state index contributed by atoms with van der Waals surface area (Å²) in [5.41, 5.74) is 0.524. The smallest absolute Gasteiger partial charge is 0.273 e. The minimum atomic E-state index is -0.532. The van der Waals surface area contributed by atoms with E-state index in [0.717, 1.165) is 6.42 Å². The quantitative estimate of drug-likeness (QED) is 0.524. The van der Waals surface area contributed by atoms with Gasteiger partial charge in [-0.1, -0.05) is 20.3 Å². The Bertz CT molecular complexity index is 1100. The van der Waals surface area contributed by atoms with Crippen LogP contribution >= 0.6 is 0 Å². The Morgan fingerprint density at radius 3 is 2.33 bits per heavy atom. The Labute approximate surface area is 174 Å². The van der Waals surface area contributed by atoms with E-state index in [9.17, 15) is 25.4 Å². The van der Waals surface area contributed by atoms with Gasteiger partial charge in [-0.05, 0) is 37.5 Å². The molecule has 30 heavy (non-hydrogen) atoms. The van der Waals surface area contributed by atoms with Gasteiger partial charge in [-0.2, -0.15) is 10.5 Å². The normalized spacial score (nSPS) is 11.6. The van der Waals surface area contributed by atoms with Crippen molar-refractivity contribution in [1.82, 2.24) is 9.88 Å². The van der Waals surface area contributed by atoms with Gasteiger partial charge in [-0.3, -0.25) is 19.5 Å². The van der Waals surface area contributed by atoms with Crippen molar-refractivity contribution >= 4 is 11.9 Å². The summed E-state index contributed by atoms with van der Waals surface area (Å²) in [6, 6.07) is 9.75. The van der Waals surface area contributed by atoms with Crippen LogP contribution in [0.25, 0.3) is 17.3 Å². The van der Waals surface area contributed by atoms with Crippen molar-refractivity contribution in [1.29, 1.82) is 10.5 Å². The summed E-state index contributed by atoms with van der Waals surface area (Å²) >= 11 is 0. The zero-order valence-corrected chi connectivity index (χ0v) is 17.2. The number of pyridine rings is 1. The highest BCUT2D eigenvalue weighted by atomic mass is 16.6. The number of benzene rings is 1. The fourth-order valence-electron chi connectivity index (χ4n) is 3.04. The van der Waals surface area contributed by atoms with Gasteiger partial charge in [-0.15, -0.1) is 0 Å². The van der Waals surface area contributed by atoms with Gasteiger partial charge in [0.2, 0.25) is 0 Å². The van der Waals surface area contributed by atoms with E-state index < -0.39 is 10.5 Å². The first kappa shape index (κ1) is 22.4. The number of nitriles is 2. The van der Waals surface area contributed by atoms with E-state index >= 15 is 0 Å². The van der Waals surface area contributed by atoms with Gasteiger partial charge in [0.05, 0.1) is 10.5 Å². The summed E-state index contributed by atoms with van der Waals surface area (Å²) < 4.78 is 1.34. The lowest BCUT2D eigenvalue weighted by Gasteiger charge is -2.16. The van der Waals surface area contributed by atoms with E-state index in [1.165, 1.54) is 28.8 Å². The molecule has 1 heterocycles. The fourth-order valence-corrected chi connectivity index (χ4v) is 3.04. The van der Waals surface area contributed by atoms with Crippen molar-refractivity contribution < 1.29 is 4.92 Å². The third kappa shape index (κ3) is 4.56. The summed E-state index contributed by atoms with van der Waals surface area (Å²) in [4.78, 5) is 23.5. The number of non-ortho nitro benzene ring substituents is 1. The van der Waals surface area contributed by atoms with Crippen LogP contribution in [-0.4, -0.2) is 15.5 Å². The summed E-state index contributed by atoms with van der Waals surface area (Å²) in [6.45, 7) is 5.96. The molecular weight excluding hydrogens is 382 g/mol. The predicted molar refractivity (Wildman–Crippen MR) is 114 cm³/mol. The van der Waals surface area contributed by atoms with Crippen molar-refractivity contribution in [2.75, 3.05) is 0 Å². The molecule has 0 aliphatic rings. The summed E-state index contributed by atoms with van der Waals surface area (Å²) in [5, 5.41) is 33.7. The molecule has 1 aromatic carbocycles. The standard InChI is InChI=1S/C22H23N5O3/c1-4-6-20-18(13-23)21(16-7-9-17(10-8-16)27(29)30)19(14-24)22(28)26(20)12-11-25-15(3)5-2/h7-12,15,25H,4-6H2,1-3H3/b12-11+/t15-/m1/s1. The molecule has 0 radical (unpaired) electrons. The maximum Gasteiger partial charge on any atom is 0.273 e. The number of hydrogen-bond acceptors (Lipinski definition) is 6. The number of hydrogen-bond donors (Lipinski definition) is 1. The molecule has 154 valence electrons. The maximum atomic E-state index is 13.1. The van der Waals surface area contributed by atoms with Crippen LogP contribution in [0.4, 0.5) is 5.69 Å². The van der Waals surface area contributed by atoms with E-state index in [2.05, 4.69) is 11.4 Å². The lowest BCUT2D eigenvalue weighted by Crippen LogP contribution is -2.26. The number of nitro groups is 1. The number of nitro benzene ring substituents is 1. The molecule has 0 fully saturated rings. The van der Waals surface area contributed by atoms with Crippen molar-refractivity contribution in [2.24, 2.45) is 0 Å². The molecule has 1 N–H and O–H groups in total. The third-order valence-electron chi connectivity index (χ3n) is 4.81. The lowest BCUT2D eigenvalue weighted by atomic mass is 9.93. The Morgan fingerprint density at radius 2 is 1.83 bits per heavy atom. The summed E-state index contributed by atoms with van der Waals surface area (Å²) in [6.07, 6.45) is 5.22. The first-order valence-electron chi connectivity index (χ1n) is 9.68. The molecule has 0 aliphatic carbocycles. The minimum absolute atomic E-state index is 0.114. The van der Waals surface area contributed by atoms with Gasteiger partial charge in [0.15, 0.2) is 0 Å². The van der Waals surface area contributed by atoms with Crippen LogP contribution in [0.15, 0.2) is 35.3 Å².